The summed E-state index contributed by atoms with van der Waals surface area (Å²) in [4.78, 5) is 0. The summed E-state index contributed by atoms with van der Waals surface area (Å²) in [6.45, 7) is 4.83. The van der Waals surface area contributed by atoms with Crippen molar-refractivity contribution in [1.82, 2.24) is 4.67 Å². The molecular weight excluding hydrogens is 401 g/mol. The van der Waals surface area contributed by atoms with Gasteiger partial charge in [0.25, 0.3) is 0 Å². The second-order valence-corrected chi connectivity index (χ2v) is 9.73. The molecule has 0 radical (unpaired) electrons. The molecule has 3 aromatic carbocycles. The van der Waals surface area contributed by atoms with Crippen molar-refractivity contribution in [2.45, 2.75) is 26.8 Å². The molecule has 0 saturated carbocycles. The van der Waals surface area contributed by atoms with Crippen LogP contribution in [0.25, 0.3) is 11.3 Å². The minimum Gasteiger partial charge on any atom is -0.310 e. The number of allylic oxidation sites excluding steroid dienone is 3. The van der Waals surface area contributed by atoms with Gasteiger partial charge in [0.05, 0.1) is 24.2 Å². The van der Waals surface area contributed by atoms with Crippen LogP contribution in [0.5, 0.6) is 0 Å². The van der Waals surface area contributed by atoms with Gasteiger partial charge in [-0.25, -0.2) is 0 Å². The van der Waals surface area contributed by atoms with E-state index in [-0.39, 0.29) is 0 Å². The fourth-order valence-corrected chi connectivity index (χ4v) is 6.65. The first-order chi connectivity index (χ1) is 15.2. The van der Waals surface area contributed by atoms with Crippen molar-refractivity contribution in [3.8, 4) is 0 Å². The summed E-state index contributed by atoms with van der Waals surface area (Å²) in [7, 11) is -3.32. The quantitative estimate of drug-likeness (QED) is 0.302. The predicted octanol–water partition coefficient (Wildman–Crippen LogP) is 6.89. The minimum atomic E-state index is -3.32. The van der Waals surface area contributed by atoms with Gasteiger partial charge >= 0.3 is 7.52 Å². The van der Waals surface area contributed by atoms with Crippen LogP contribution in [0.15, 0.2) is 97.1 Å². The lowest BCUT2D eigenvalue weighted by atomic mass is 9.95. The molecule has 3 nitrogen and oxygen atoms in total. The Balaban J connectivity index is 2.02. The summed E-state index contributed by atoms with van der Waals surface area (Å²) in [5.74, 6) is 0. The number of nitrogens with zero attached hydrogens (tertiary/aromatic N) is 1. The highest BCUT2D eigenvalue weighted by Crippen LogP contribution is 2.60. The first-order valence-corrected chi connectivity index (χ1v) is 12.3. The van der Waals surface area contributed by atoms with Gasteiger partial charge in [-0.3, -0.25) is 9.24 Å². The van der Waals surface area contributed by atoms with Gasteiger partial charge in [0, 0.05) is 0 Å². The van der Waals surface area contributed by atoms with Crippen molar-refractivity contribution in [3.63, 3.8) is 0 Å². The molecule has 158 valence electrons. The largest absolute Gasteiger partial charge is 0.327 e. The van der Waals surface area contributed by atoms with Crippen molar-refractivity contribution in [2.24, 2.45) is 0 Å². The molecule has 1 atom stereocenters. The third-order valence-electron chi connectivity index (χ3n) is 5.48. The molecule has 1 aliphatic heterocycles. The van der Waals surface area contributed by atoms with Crippen LogP contribution >= 0.6 is 7.52 Å². The van der Waals surface area contributed by atoms with Gasteiger partial charge in [0.2, 0.25) is 0 Å². The van der Waals surface area contributed by atoms with Crippen LogP contribution in [0, 0.1) is 0 Å². The molecule has 4 rings (SSSR count). The summed E-state index contributed by atoms with van der Waals surface area (Å²) in [6, 6.07) is 28.4. The Labute approximate surface area is 185 Å². The van der Waals surface area contributed by atoms with Crippen LogP contribution in [0.1, 0.15) is 37.0 Å². The van der Waals surface area contributed by atoms with Crippen molar-refractivity contribution < 1.29 is 9.09 Å². The Bertz CT molecular complexity index is 1140. The minimum absolute atomic E-state index is 0.378. The molecule has 4 heteroatoms. The molecule has 0 aliphatic carbocycles. The van der Waals surface area contributed by atoms with Gasteiger partial charge in [-0.15, -0.1) is 0 Å². The van der Waals surface area contributed by atoms with Crippen LogP contribution in [-0.2, 0) is 15.6 Å². The summed E-state index contributed by atoms with van der Waals surface area (Å²) < 4.78 is 22.8. The van der Waals surface area contributed by atoms with Crippen molar-refractivity contribution in [3.05, 3.63) is 114 Å². The van der Waals surface area contributed by atoms with Crippen LogP contribution in [0.2, 0.25) is 0 Å². The molecule has 0 fully saturated rings. The Morgan fingerprint density at radius 2 is 1.55 bits per heavy atom. The fraction of sp³-hybridized carbons (Fsp3) is 0.185. The number of hydrogen-bond donors (Lipinski definition) is 0. The first-order valence-electron chi connectivity index (χ1n) is 10.7. The topological polar surface area (TPSA) is 29.5 Å². The maximum Gasteiger partial charge on any atom is 0.327 e. The molecule has 1 unspecified atom stereocenters. The second-order valence-electron chi connectivity index (χ2n) is 7.46. The van der Waals surface area contributed by atoms with Gasteiger partial charge in [-0.05, 0) is 48.6 Å². The number of hydrogen-bond acceptors (Lipinski definition) is 2. The lowest BCUT2D eigenvalue weighted by Crippen LogP contribution is -2.32. The van der Waals surface area contributed by atoms with Gasteiger partial charge in [-0.2, -0.15) is 0 Å². The van der Waals surface area contributed by atoms with E-state index in [1.54, 1.807) is 0 Å². The normalized spacial score (nSPS) is 18.5. The average Bonchev–Trinajstić information content (AvgIpc) is 2.81. The Morgan fingerprint density at radius 1 is 0.903 bits per heavy atom. The molecule has 0 N–H and O–H groups in total. The van der Waals surface area contributed by atoms with E-state index in [1.165, 1.54) is 5.57 Å². The summed E-state index contributed by atoms with van der Waals surface area (Å²) >= 11 is 0. The van der Waals surface area contributed by atoms with Crippen LogP contribution in [-0.4, -0.2) is 11.3 Å². The molecule has 1 heterocycles. The standard InChI is InChI=1S/C27H28NO2P/c1-3-5-18-25-24-19-12-13-20-26(24)31(29,30-4-2)28(21-22-14-8-6-9-15-22)27(25)23-16-10-7-11-17-23/h3,5-17,19-20H,4,18,21H2,1-2H3/b5-3+. The van der Waals surface area contributed by atoms with E-state index in [9.17, 15) is 4.57 Å². The second kappa shape index (κ2) is 9.51. The van der Waals surface area contributed by atoms with E-state index in [0.29, 0.717) is 13.2 Å². The molecule has 0 amide bonds. The SMILES string of the molecule is C/C=C/CC1=C(c2ccccc2)N(Cc2ccccc2)P(=O)(OCC)c2ccccc21. The zero-order valence-electron chi connectivity index (χ0n) is 18.1. The number of fused-ring (bicyclic) bond motifs is 1. The Morgan fingerprint density at radius 3 is 2.23 bits per heavy atom. The smallest absolute Gasteiger partial charge is 0.310 e. The highest BCUT2D eigenvalue weighted by molar-refractivity contribution is 7.65. The third kappa shape index (κ3) is 4.17. The van der Waals surface area contributed by atoms with Crippen LogP contribution in [0.4, 0.5) is 0 Å². The van der Waals surface area contributed by atoms with Crippen molar-refractivity contribution >= 4 is 24.1 Å². The van der Waals surface area contributed by atoms with E-state index in [0.717, 1.165) is 34.1 Å². The Kier molecular flexibility index (Phi) is 6.56. The zero-order chi connectivity index (χ0) is 21.7. The molecule has 0 aromatic heterocycles. The van der Waals surface area contributed by atoms with Gasteiger partial charge in [0.1, 0.15) is 0 Å². The highest BCUT2D eigenvalue weighted by atomic mass is 31.2. The molecule has 1 aliphatic rings. The molecule has 3 aromatic rings. The number of benzene rings is 3. The van der Waals surface area contributed by atoms with Crippen LogP contribution in [0.3, 0.4) is 0 Å². The fourth-order valence-electron chi connectivity index (χ4n) is 4.12. The average molecular weight is 430 g/mol. The van der Waals surface area contributed by atoms with Crippen LogP contribution < -0.4 is 5.30 Å². The first kappa shape index (κ1) is 21.4. The molecule has 31 heavy (non-hydrogen) atoms. The lowest BCUT2D eigenvalue weighted by Gasteiger charge is -2.41. The highest BCUT2D eigenvalue weighted by Gasteiger charge is 2.42. The molecule has 0 bridgehead atoms. The van der Waals surface area contributed by atoms with E-state index in [4.69, 9.17) is 4.52 Å². The monoisotopic (exact) mass is 429 g/mol. The molecular formula is C27H28NO2P. The predicted molar refractivity (Wildman–Crippen MR) is 130 cm³/mol. The van der Waals surface area contributed by atoms with E-state index in [2.05, 4.69) is 42.5 Å². The molecule has 0 spiro atoms. The van der Waals surface area contributed by atoms with E-state index in [1.807, 2.05) is 73.1 Å². The maximum atomic E-state index is 14.6. The summed E-state index contributed by atoms with van der Waals surface area (Å²) in [5, 5.41) is 0.784. The van der Waals surface area contributed by atoms with E-state index >= 15 is 0 Å². The number of rotatable bonds is 7. The van der Waals surface area contributed by atoms with Gasteiger partial charge < -0.3 is 4.52 Å². The summed E-state index contributed by atoms with van der Waals surface area (Å²) in [6.07, 6.45) is 4.98. The third-order valence-corrected chi connectivity index (χ3v) is 8.06. The van der Waals surface area contributed by atoms with Crippen molar-refractivity contribution in [1.29, 1.82) is 0 Å². The molecule has 0 saturated heterocycles. The lowest BCUT2D eigenvalue weighted by molar-refractivity contribution is 0.304. The zero-order valence-corrected chi connectivity index (χ0v) is 19.0. The summed E-state index contributed by atoms with van der Waals surface area (Å²) in [5.41, 5.74) is 5.31. The van der Waals surface area contributed by atoms with Crippen molar-refractivity contribution in [2.75, 3.05) is 6.61 Å². The maximum absolute atomic E-state index is 14.6. The van der Waals surface area contributed by atoms with Gasteiger partial charge in [0.15, 0.2) is 0 Å². The Hall–Kier alpha value is -2.87. The van der Waals surface area contributed by atoms with E-state index < -0.39 is 7.52 Å². The van der Waals surface area contributed by atoms with Gasteiger partial charge in [-0.1, -0.05) is 91.0 Å².